The molecule has 1 saturated heterocycles. The number of likely N-dealkylation sites (N-methyl/N-ethyl adjacent to an activating group) is 1. The van der Waals surface area contributed by atoms with Crippen LogP contribution in [0.5, 0.6) is 0 Å². The van der Waals surface area contributed by atoms with Gasteiger partial charge in [0.25, 0.3) is 0 Å². The van der Waals surface area contributed by atoms with Crippen LogP contribution >= 0.6 is 0 Å². The number of aromatic nitrogens is 1. The highest BCUT2D eigenvalue weighted by atomic mass is 16.3. The molecule has 0 unspecified atom stereocenters. The lowest BCUT2D eigenvalue weighted by Crippen LogP contribution is -2.44. The molecule has 0 amide bonds. The number of aryl methyl sites for hydroxylation is 1. The molecule has 1 aliphatic heterocycles. The first-order chi connectivity index (χ1) is 7.70. The van der Waals surface area contributed by atoms with E-state index < -0.39 is 0 Å². The van der Waals surface area contributed by atoms with Crippen LogP contribution in [0.1, 0.15) is 11.1 Å². The maximum absolute atomic E-state index is 9.09. The third-order valence-corrected chi connectivity index (χ3v) is 3.20. The Bertz CT molecular complexity index is 359. The molecule has 2 rings (SSSR count). The summed E-state index contributed by atoms with van der Waals surface area (Å²) in [4.78, 5) is 9.03. The fourth-order valence-corrected chi connectivity index (χ4v) is 1.94. The normalized spacial score (nSPS) is 17.8. The predicted octanol–water partition coefficient (Wildman–Crippen LogP) is 0.634. The molecule has 0 atom stereocenters. The van der Waals surface area contributed by atoms with Gasteiger partial charge in [-0.1, -0.05) is 0 Å². The van der Waals surface area contributed by atoms with Crippen molar-refractivity contribution in [2.45, 2.75) is 13.5 Å². The molecule has 2 heterocycles. The summed E-state index contributed by atoms with van der Waals surface area (Å²) in [6.45, 7) is 6.32. The average Bonchev–Trinajstić information content (AvgIpc) is 2.30. The van der Waals surface area contributed by atoms with Gasteiger partial charge in [-0.05, 0) is 31.2 Å². The standard InChI is InChI=1S/C12H19N3O/c1-10-7-12(13-8-11(10)9-16)15-5-3-14(2)4-6-15/h7-8,16H,3-6,9H2,1-2H3. The molecule has 1 aromatic heterocycles. The van der Waals surface area contributed by atoms with Gasteiger partial charge in [-0.15, -0.1) is 0 Å². The van der Waals surface area contributed by atoms with E-state index in [1.54, 1.807) is 6.20 Å². The lowest BCUT2D eigenvalue weighted by molar-refractivity contribution is 0.280. The van der Waals surface area contributed by atoms with Gasteiger partial charge in [-0.3, -0.25) is 0 Å². The van der Waals surface area contributed by atoms with Crippen molar-refractivity contribution < 1.29 is 5.11 Å². The number of hydrogen-bond donors (Lipinski definition) is 1. The Morgan fingerprint density at radius 1 is 1.31 bits per heavy atom. The summed E-state index contributed by atoms with van der Waals surface area (Å²) in [6, 6.07) is 2.07. The quantitative estimate of drug-likeness (QED) is 0.795. The van der Waals surface area contributed by atoms with Crippen LogP contribution in [0.25, 0.3) is 0 Å². The Kier molecular flexibility index (Phi) is 3.41. The first kappa shape index (κ1) is 11.4. The number of aliphatic hydroxyl groups excluding tert-OH is 1. The van der Waals surface area contributed by atoms with Gasteiger partial charge < -0.3 is 14.9 Å². The fourth-order valence-electron chi connectivity index (χ4n) is 1.94. The smallest absolute Gasteiger partial charge is 0.128 e. The molecule has 0 saturated carbocycles. The van der Waals surface area contributed by atoms with E-state index in [0.717, 1.165) is 43.1 Å². The number of anilines is 1. The van der Waals surface area contributed by atoms with Crippen molar-refractivity contribution in [1.82, 2.24) is 9.88 Å². The Hall–Kier alpha value is -1.13. The molecule has 1 N–H and O–H groups in total. The van der Waals surface area contributed by atoms with E-state index in [9.17, 15) is 0 Å². The summed E-state index contributed by atoms with van der Waals surface area (Å²) >= 11 is 0. The molecule has 0 spiro atoms. The summed E-state index contributed by atoms with van der Waals surface area (Å²) in [5, 5.41) is 9.09. The van der Waals surface area contributed by atoms with Crippen LogP contribution in [-0.2, 0) is 6.61 Å². The number of rotatable bonds is 2. The monoisotopic (exact) mass is 221 g/mol. The van der Waals surface area contributed by atoms with Crippen LogP contribution < -0.4 is 4.90 Å². The molecule has 1 fully saturated rings. The van der Waals surface area contributed by atoms with Gasteiger partial charge in [-0.2, -0.15) is 0 Å². The zero-order valence-corrected chi connectivity index (χ0v) is 9.98. The molecule has 0 aromatic carbocycles. The third kappa shape index (κ3) is 2.33. The summed E-state index contributed by atoms with van der Waals surface area (Å²) in [5.74, 6) is 1.03. The van der Waals surface area contributed by atoms with Crippen molar-refractivity contribution in [2.24, 2.45) is 0 Å². The highest BCUT2D eigenvalue weighted by Gasteiger charge is 2.15. The van der Waals surface area contributed by atoms with Gasteiger partial charge >= 0.3 is 0 Å². The summed E-state index contributed by atoms with van der Waals surface area (Å²) < 4.78 is 0. The molecule has 4 nitrogen and oxygen atoms in total. The highest BCUT2D eigenvalue weighted by molar-refractivity contribution is 5.43. The lowest BCUT2D eigenvalue weighted by atomic mass is 10.1. The SMILES string of the molecule is Cc1cc(N2CCN(C)CC2)ncc1CO. The predicted molar refractivity (Wildman–Crippen MR) is 64.6 cm³/mol. The highest BCUT2D eigenvalue weighted by Crippen LogP contribution is 2.17. The first-order valence-corrected chi connectivity index (χ1v) is 5.70. The molecule has 88 valence electrons. The molecule has 4 heteroatoms. The second-order valence-electron chi connectivity index (χ2n) is 4.42. The fraction of sp³-hybridized carbons (Fsp3) is 0.583. The maximum atomic E-state index is 9.09. The molecule has 1 aromatic rings. The number of nitrogens with zero attached hydrogens (tertiary/aromatic N) is 3. The molecule has 0 bridgehead atoms. The van der Waals surface area contributed by atoms with Gasteiger partial charge in [0.15, 0.2) is 0 Å². The van der Waals surface area contributed by atoms with Crippen molar-refractivity contribution in [2.75, 3.05) is 38.1 Å². The lowest BCUT2D eigenvalue weighted by Gasteiger charge is -2.33. The van der Waals surface area contributed by atoms with Crippen LogP contribution in [0.2, 0.25) is 0 Å². The molecule has 16 heavy (non-hydrogen) atoms. The second kappa shape index (κ2) is 4.80. The van der Waals surface area contributed by atoms with Crippen molar-refractivity contribution in [3.63, 3.8) is 0 Å². The van der Waals surface area contributed by atoms with Gasteiger partial charge in [-0.25, -0.2) is 4.98 Å². The molecule has 0 aliphatic carbocycles. The van der Waals surface area contributed by atoms with E-state index >= 15 is 0 Å². The van der Waals surface area contributed by atoms with Gasteiger partial charge in [0, 0.05) is 32.4 Å². The van der Waals surface area contributed by atoms with Crippen LogP contribution in [0.15, 0.2) is 12.3 Å². The van der Waals surface area contributed by atoms with Crippen LogP contribution in [0, 0.1) is 6.92 Å². The van der Waals surface area contributed by atoms with Gasteiger partial charge in [0.1, 0.15) is 5.82 Å². The van der Waals surface area contributed by atoms with E-state index in [0.29, 0.717) is 0 Å². The topological polar surface area (TPSA) is 39.6 Å². The zero-order chi connectivity index (χ0) is 11.5. The van der Waals surface area contributed by atoms with E-state index in [1.807, 2.05) is 6.92 Å². The minimum atomic E-state index is 0.0713. The summed E-state index contributed by atoms with van der Waals surface area (Å²) in [7, 11) is 2.14. The Labute approximate surface area is 96.5 Å². The zero-order valence-electron chi connectivity index (χ0n) is 9.98. The minimum absolute atomic E-state index is 0.0713. The van der Waals surface area contributed by atoms with Gasteiger partial charge in [0.05, 0.1) is 6.61 Å². The summed E-state index contributed by atoms with van der Waals surface area (Å²) in [5.41, 5.74) is 2.03. The molecule has 1 aliphatic rings. The van der Waals surface area contributed by atoms with Crippen molar-refractivity contribution in [1.29, 1.82) is 0 Å². The largest absolute Gasteiger partial charge is 0.392 e. The van der Waals surface area contributed by atoms with E-state index in [2.05, 4.69) is 27.9 Å². The Morgan fingerprint density at radius 3 is 2.56 bits per heavy atom. The molecule has 0 radical (unpaired) electrons. The third-order valence-electron chi connectivity index (χ3n) is 3.20. The number of aliphatic hydroxyl groups is 1. The van der Waals surface area contributed by atoms with Crippen LogP contribution in [0.3, 0.4) is 0 Å². The van der Waals surface area contributed by atoms with Crippen molar-refractivity contribution in [3.8, 4) is 0 Å². The van der Waals surface area contributed by atoms with Crippen molar-refractivity contribution >= 4 is 5.82 Å². The molecular weight excluding hydrogens is 202 g/mol. The number of piperazine rings is 1. The minimum Gasteiger partial charge on any atom is -0.392 e. The maximum Gasteiger partial charge on any atom is 0.128 e. The van der Waals surface area contributed by atoms with Gasteiger partial charge in [0.2, 0.25) is 0 Å². The summed E-state index contributed by atoms with van der Waals surface area (Å²) in [6.07, 6.45) is 1.78. The van der Waals surface area contributed by atoms with Crippen LogP contribution in [0.4, 0.5) is 5.82 Å². The number of hydrogen-bond acceptors (Lipinski definition) is 4. The van der Waals surface area contributed by atoms with Crippen LogP contribution in [-0.4, -0.2) is 48.2 Å². The average molecular weight is 221 g/mol. The Morgan fingerprint density at radius 2 is 2.00 bits per heavy atom. The molecular formula is C12H19N3O. The number of pyridine rings is 1. The Balaban J connectivity index is 2.12. The first-order valence-electron chi connectivity index (χ1n) is 5.70. The van der Waals surface area contributed by atoms with E-state index in [4.69, 9.17) is 5.11 Å². The second-order valence-corrected chi connectivity index (χ2v) is 4.42. The van der Waals surface area contributed by atoms with E-state index in [-0.39, 0.29) is 6.61 Å². The van der Waals surface area contributed by atoms with E-state index in [1.165, 1.54) is 0 Å². The van der Waals surface area contributed by atoms with Crippen molar-refractivity contribution in [3.05, 3.63) is 23.4 Å².